The lowest BCUT2D eigenvalue weighted by atomic mass is 10.2. The molecule has 0 bridgehead atoms. The molecule has 1 heterocycles. The Morgan fingerprint density at radius 3 is 2.38 bits per heavy atom. The molecule has 1 aromatic rings. The van der Waals surface area contributed by atoms with Crippen LogP contribution < -0.4 is 14.8 Å². The molecule has 2 rings (SSSR count). The van der Waals surface area contributed by atoms with Crippen molar-refractivity contribution in [3.63, 3.8) is 0 Å². The number of ether oxygens (including phenoxy) is 2. The van der Waals surface area contributed by atoms with Crippen molar-refractivity contribution in [2.24, 2.45) is 0 Å². The third kappa shape index (κ3) is 1.47. The minimum atomic E-state index is -0.0603. The molecule has 2 atom stereocenters. The summed E-state index contributed by atoms with van der Waals surface area (Å²) in [7, 11) is 1.86. The van der Waals surface area contributed by atoms with Crippen molar-refractivity contribution in [3.8, 4) is 11.5 Å². The first-order chi connectivity index (χ1) is 6.31. The van der Waals surface area contributed by atoms with E-state index in [2.05, 4.69) is 5.32 Å². The van der Waals surface area contributed by atoms with Gasteiger partial charge in [-0.15, -0.1) is 0 Å². The van der Waals surface area contributed by atoms with E-state index in [-0.39, 0.29) is 12.3 Å². The SMILES string of the molecule is CNC1Oc2ccccc2OC1C. The quantitative estimate of drug-likeness (QED) is 0.706. The van der Waals surface area contributed by atoms with Gasteiger partial charge in [-0.3, -0.25) is 5.32 Å². The number of fused-ring (bicyclic) bond motifs is 1. The number of para-hydroxylation sites is 2. The Bertz CT molecular complexity index is 301. The van der Waals surface area contributed by atoms with Gasteiger partial charge in [0.2, 0.25) is 0 Å². The number of hydrogen-bond donors (Lipinski definition) is 1. The van der Waals surface area contributed by atoms with Gasteiger partial charge < -0.3 is 9.47 Å². The fourth-order valence-electron chi connectivity index (χ4n) is 1.43. The third-order valence-electron chi connectivity index (χ3n) is 2.13. The lowest BCUT2D eigenvalue weighted by Crippen LogP contribution is -2.46. The molecule has 13 heavy (non-hydrogen) atoms. The van der Waals surface area contributed by atoms with Crippen LogP contribution in [0.5, 0.6) is 11.5 Å². The molecule has 70 valence electrons. The van der Waals surface area contributed by atoms with Gasteiger partial charge in [0.1, 0.15) is 6.10 Å². The van der Waals surface area contributed by atoms with Gasteiger partial charge in [0, 0.05) is 0 Å². The maximum Gasteiger partial charge on any atom is 0.187 e. The highest BCUT2D eigenvalue weighted by atomic mass is 16.6. The zero-order valence-corrected chi connectivity index (χ0v) is 7.78. The van der Waals surface area contributed by atoms with Crippen molar-refractivity contribution in [2.45, 2.75) is 19.3 Å². The number of hydrogen-bond acceptors (Lipinski definition) is 3. The zero-order valence-electron chi connectivity index (χ0n) is 7.78. The first-order valence-corrected chi connectivity index (χ1v) is 4.41. The fraction of sp³-hybridized carbons (Fsp3) is 0.400. The molecule has 3 nitrogen and oxygen atoms in total. The van der Waals surface area contributed by atoms with E-state index in [9.17, 15) is 0 Å². The Labute approximate surface area is 77.7 Å². The highest BCUT2D eigenvalue weighted by molar-refractivity contribution is 5.40. The number of likely N-dealkylation sites (N-methyl/N-ethyl adjacent to an activating group) is 1. The van der Waals surface area contributed by atoms with Crippen LogP contribution in [-0.4, -0.2) is 19.4 Å². The van der Waals surface area contributed by atoms with Crippen molar-refractivity contribution in [1.82, 2.24) is 5.32 Å². The molecule has 2 unspecified atom stereocenters. The second-order valence-electron chi connectivity index (χ2n) is 3.10. The Morgan fingerprint density at radius 1 is 1.15 bits per heavy atom. The van der Waals surface area contributed by atoms with E-state index in [1.807, 2.05) is 38.2 Å². The van der Waals surface area contributed by atoms with Crippen molar-refractivity contribution in [1.29, 1.82) is 0 Å². The molecule has 1 aliphatic rings. The van der Waals surface area contributed by atoms with Crippen LogP contribution in [0, 0.1) is 0 Å². The van der Waals surface area contributed by atoms with E-state index in [0.29, 0.717) is 0 Å². The number of rotatable bonds is 1. The van der Waals surface area contributed by atoms with Gasteiger partial charge in [-0.2, -0.15) is 0 Å². The van der Waals surface area contributed by atoms with Gasteiger partial charge in [0.05, 0.1) is 0 Å². The number of nitrogens with one attached hydrogen (secondary N) is 1. The predicted molar refractivity (Wildman–Crippen MR) is 50.0 cm³/mol. The van der Waals surface area contributed by atoms with Crippen molar-refractivity contribution in [3.05, 3.63) is 24.3 Å². The summed E-state index contributed by atoms with van der Waals surface area (Å²) in [5.41, 5.74) is 0. The topological polar surface area (TPSA) is 30.5 Å². The third-order valence-corrected chi connectivity index (χ3v) is 2.13. The standard InChI is InChI=1S/C10H13NO2/c1-7-10(11-2)13-9-6-4-3-5-8(9)12-7/h3-7,10-11H,1-2H3. The molecule has 0 saturated carbocycles. The summed E-state index contributed by atoms with van der Waals surface area (Å²) in [6.45, 7) is 1.98. The summed E-state index contributed by atoms with van der Waals surface area (Å²) in [4.78, 5) is 0. The molecule has 0 fully saturated rings. The Hall–Kier alpha value is -1.22. The number of benzene rings is 1. The van der Waals surface area contributed by atoms with Crippen molar-refractivity contribution >= 4 is 0 Å². The van der Waals surface area contributed by atoms with E-state index >= 15 is 0 Å². The second kappa shape index (κ2) is 3.26. The van der Waals surface area contributed by atoms with Crippen molar-refractivity contribution in [2.75, 3.05) is 7.05 Å². The second-order valence-corrected chi connectivity index (χ2v) is 3.10. The van der Waals surface area contributed by atoms with E-state index in [1.54, 1.807) is 0 Å². The van der Waals surface area contributed by atoms with Crippen molar-refractivity contribution < 1.29 is 9.47 Å². The first-order valence-electron chi connectivity index (χ1n) is 4.41. The molecule has 0 aliphatic carbocycles. The van der Waals surface area contributed by atoms with Crippen LogP contribution in [0.3, 0.4) is 0 Å². The van der Waals surface area contributed by atoms with Crippen LogP contribution in [0.25, 0.3) is 0 Å². The monoisotopic (exact) mass is 179 g/mol. The molecule has 1 N–H and O–H groups in total. The normalized spacial score (nSPS) is 25.7. The highest BCUT2D eigenvalue weighted by Gasteiger charge is 2.25. The van der Waals surface area contributed by atoms with Gasteiger partial charge in [0.25, 0.3) is 0 Å². The molecular formula is C10H13NO2. The lowest BCUT2D eigenvalue weighted by molar-refractivity contribution is 0.0158. The van der Waals surface area contributed by atoms with E-state index in [0.717, 1.165) is 11.5 Å². The smallest absolute Gasteiger partial charge is 0.187 e. The molecule has 0 radical (unpaired) electrons. The van der Waals surface area contributed by atoms with Gasteiger partial charge in [-0.25, -0.2) is 0 Å². The molecule has 1 aromatic carbocycles. The average Bonchev–Trinajstić information content (AvgIpc) is 2.17. The maximum atomic E-state index is 5.66. The van der Waals surface area contributed by atoms with Crippen LogP contribution in [0.15, 0.2) is 24.3 Å². The van der Waals surface area contributed by atoms with Gasteiger partial charge >= 0.3 is 0 Å². The summed E-state index contributed by atoms with van der Waals surface area (Å²) in [6, 6.07) is 7.70. The molecule has 3 heteroatoms. The minimum Gasteiger partial charge on any atom is -0.481 e. The van der Waals surface area contributed by atoms with Crippen LogP contribution in [-0.2, 0) is 0 Å². The Kier molecular flexibility index (Phi) is 2.10. The highest BCUT2D eigenvalue weighted by Crippen LogP contribution is 2.32. The molecule has 0 spiro atoms. The van der Waals surface area contributed by atoms with Crippen LogP contribution in [0.2, 0.25) is 0 Å². The summed E-state index contributed by atoms with van der Waals surface area (Å²) >= 11 is 0. The Balaban J connectivity index is 2.27. The summed E-state index contributed by atoms with van der Waals surface area (Å²) in [6.07, 6.45) is -0.0187. The molecule has 0 amide bonds. The fourth-order valence-corrected chi connectivity index (χ4v) is 1.43. The van der Waals surface area contributed by atoms with E-state index < -0.39 is 0 Å². The predicted octanol–water partition coefficient (Wildman–Crippen LogP) is 1.39. The molecular weight excluding hydrogens is 166 g/mol. The van der Waals surface area contributed by atoms with E-state index in [4.69, 9.17) is 9.47 Å². The molecule has 0 saturated heterocycles. The van der Waals surface area contributed by atoms with Gasteiger partial charge in [0.15, 0.2) is 17.7 Å². The first kappa shape index (κ1) is 8.38. The maximum absolute atomic E-state index is 5.66. The van der Waals surface area contributed by atoms with E-state index in [1.165, 1.54) is 0 Å². The van der Waals surface area contributed by atoms with Gasteiger partial charge in [-0.05, 0) is 26.1 Å². The summed E-state index contributed by atoms with van der Waals surface area (Å²) in [5.74, 6) is 1.63. The van der Waals surface area contributed by atoms with Crippen LogP contribution >= 0.6 is 0 Å². The van der Waals surface area contributed by atoms with Crippen LogP contribution in [0.4, 0.5) is 0 Å². The molecule has 0 aromatic heterocycles. The molecule has 1 aliphatic heterocycles. The summed E-state index contributed by atoms with van der Waals surface area (Å²) < 4.78 is 11.3. The van der Waals surface area contributed by atoms with Gasteiger partial charge in [-0.1, -0.05) is 12.1 Å². The minimum absolute atomic E-state index is 0.0416. The largest absolute Gasteiger partial charge is 0.481 e. The Morgan fingerprint density at radius 2 is 1.77 bits per heavy atom. The summed E-state index contributed by atoms with van der Waals surface area (Å²) in [5, 5.41) is 3.05. The average molecular weight is 179 g/mol. The zero-order chi connectivity index (χ0) is 9.26. The van der Waals surface area contributed by atoms with Crippen LogP contribution in [0.1, 0.15) is 6.92 Å². The lowest BCUT2D eigenvalue weighted by Gasteiger charge is -2.31.